The highest BCUT2D eigenvalue weighted by molar-refractivity contribution is 5.76. The molecule has 1 aromatic carbocycles. The van der Waals surface area contributed by atoms with Crippen LogP contribution in [-0.2, 0) is 16.0 Å². The summed E-state index contributed by atoms with van der Waals surface area (Å²) in [6, 6.07) is 7.74. The first-order valence-corrected chi connectivity index (χ1v) is 8.11. The number of fused-ring (bicyclic) bond motifs is 1. The molecule has 0 unspecified atom stereocenters. The van der Waals surface area contributed by atoms with Gasteiger partial charge in [0.15, 0.2) is 0 Å². The van der Waals surface area contributed by atoms with Crippen LogP contribution in [0.15, 0.2) is 24.3 Å². The molecular weight excluding hydrogens is 280 g/mol. The van der Waals surface area contributed by atoms with Crippen LogP contribution in [0.1, 0.15) is 24.8 Å². The highest BCUT2D eigenvalue weighted by Gasteiger charge is 2.32. The fourth-order valence-corrected chi connectivity index (χ4v) is 3.30. The lowest BCUT2D eigenvalue weighted by Gasteiger charge is -2.35. The number of phenols is 1. The number of phenolic OH excluding ortho intramolecular Hbond substituents is 1. The van der Waals surface area contributed by atoms with E-state index >= 15 is 0 Å². The largest absolute Gasteiger partial charge is 0.508 e. The second kappa shape index (κ2) is 7.11. The van der Waals surface area contributed by atoms with Crippen molar-refractivity contribution in [1.82, 2.24) is 10.2 Å². The van der Waals surface area contributed by atoms with Gasteiger partial charge in [-0.15, -0.1) is 0 Å². The van der Waals surface area contributed by atoms with Crippen molar-refractivity contribution >= 4 is 5.91 Å². The zero-order valence-corrected chi connectivity index (χ0v) is 12.8. The number of aryl methyl sites for hydroxylation is 1. The second-order valence-electron chi connectivity index (χ2n) is 6.18. The molecule has 120 valence electrons. The lowest BCUT2D eigenvalue weighted by molar-refractivity contribution is -0.122. The fourth-order valence-electron chi connectivity index (χ4n) is 3.30. The molecule has 2 saturated heterocycles. The van der Waals surface area contributed by atoms with Gasteiger partial charge in [-0.2, -0.15) is 0 Å². The zero-order chi connectivity index (χ0) is 15.4. The Balaban J connectivity index is 1.38. The Labute approximate surface area is 131 Å². The summed E-state index contributed by atoms with van der Waals surface area (Å²) in [4.78, 5) is 14.4. The van der Waals surface area contributed by atoms with Gasteiger partial charge >= 0.3 is 0 Å². The van der Waals surface area contributed by atoms with Crippen LogP contribution in [-0.4, -0.2) is 54.3 Å². The molecule has 5 nitrogen and oxygen atoms in total. The topological polar surface area (TPSA) is 61.8 Å². The number of para-hydroxylation sites is 1. The van der Waals surface area contributed by atoms with Crippen LogP contribution in [0.4, 0.5) is 0 Å². The van der Waals surface area contributed by atoms with E-state index in [1.54, 1.807) is 12.1 Å². The number of nitrogens with one attached hydrogen (secondary N) is 1. The van der Waals surface area contributed by atoms with Crippen molar-refractivity contribution in [2.24, 2.45) is 0 Å². The molecular formula is C17H24N2O3. The predicted octanol–water partition coefficient (Wildman–Crippen LogP) is 1.30. The smallest absolute Gasteiger partial charge is 0.220 e. The molecule has 0 spiro atoms. The Morgan fingerprint density at radius 3 is 3.14 bits per heavy atom. The number of ether oxygens (including phenoxy) is 1. The van der Waals surface area contributed by atoms with Gasteiger partial charge in [-0.1, -0.05) is 18.2 Å². The van der Waals surface area contributed by atoms with Gasteiger partial charge in [0.25, 0.3) is 0 Å². The number of hydrogen-bond donors (Lipinski definition) is 2. The third-order valence-corrected chi connectivity index (χ3v) is 4.60. The Morgan fingerprint density at radius 2 is 2.27 bits per heavy atom. The number of amides is 1. The average Bonchev–Trinajstić information content (AvgIpc) is 2.99. The van der Waals surface area contributed by atoms with Crippen molar-refractivity contribution in [3.63, 3.8) is 0 Å². The number of hydrogen-bond acceptors (Lipinski definition) is 4. The van der Waals surface area contributed by atoms with E-state index in [-0.39, 0.29) is 17.8 Å². The Hall–Kier alpha value is -1.59. The van der Waals surface area contributed by atoms with Crippen molar-refractivity contribution in [3.05, 3.63) is 29.8 Å². The van der Waals surface area contributed by atoms with E-state index in [0.717, 1.165) is 25.3 Å². The lowest BCUT2D eigenvalue weighted by atomic mass is 10.1. The SMILES string of the molecule is O=C(CCc1ccccc1O)NC[C@@H]1CN2CCC[C@H]2CO1. The van der Waals surface area contributed by atoms with Crippen LogP contribution in [0.2, 0.25) is 0 Å². The molecule has 22 heavy (non-hydrogen) atoms. The lowest BCUT2D eigenvalue weighted by Crippen LogP contribution is -2.50. The van der Waals surface area contributed by atoms with Crippen LogP contribution < -0.4 is 5.32 Å². The fraction of sp³-hybridized carbons (Fsp3) is 0.588. The molecule has 2 aliphatic heterocycles. The van der Waals surface area contributed by atoms with Gasteiger partial charge in [-0.05, 0) is 37.4 Å². The number of benzene rings is 1. The summed E-state index contributed by atoms with van der Waals surface area (Å²) < 4.78 is 5.83. The molecule has 1 aromatic rings. The molecule has 2 heterocycles. The molecule has 0 aliphatic carbocycles. The van der Waals surface area contributed by atoms with Gasteiger partial charge in [0.1, 0.15) is 5.75 Å². The highest BCUT2D eigenvalue weighted by Crippen LogP contribution is 2.22. The predicted molar refractivity (Wildman–Crippen MR) is 83.8 cm³/mol. The summed E-state index contributed by atoms with van der Waals surface area (Å²) in [5, 5.41) is 12.6. The molecule has 3 rings (SSSR count). The summed E-state index contributed by atoms with van der Waals surface area (Å²) in [5.41, 5.74) is 0.812. The van der Waals surface area contributed by atoms with Gasteiger partial charge in [-0.25, -0.2) is 0 Å². The Bertz CT molecular complexity index is 520. The van der Waals surface area contributed by atoms with Crippen LogP contribution in [0, 0.1) is 0 Å². The third kappa shape index (κ3) is 3.78. The maximum atomic E-state index is 11.9. The Morgan fingerprint density at radius 1 is 1.41 bits per heavy atom. The zero-order valence-electron chi connectivity index (χ0n) is 12.8. The van der Waals surface area contributed by atoms with Gasteiger partial charge in [0.05, 0.1) is 12.7 Å². The van der Waals surface area contributed by atoms with E-state index in [0.29, 0.717) is 25.4 Å². The van der Waals surface area contributed by atoms with Crippen LogP contribution in [0.25, 0.3) is 0 Å². The van der Waals surface area contributed by atoms with Gasteiger partial charge in [0, 0.05) is 25.6 Å². The molecule has 2 fully saturated rings. The summed E-state index contributed by atoms with van der Waals surface area (Å²) in [6.45, 7) is 3.44. The van der Waals surface area contributed by atoms with Crippen LogP contribution >= 0.6 is 0 Å². The van der Waals surface area contributed by atoms with Crippen molar-refractivity contribution in [1.29, 1.82) is 0 Å². The molecule has 5 heteroatoms. The number of carbonyl (C=O) groups is 1. The average molecular weight is 304 g/mol. The quantitative estimate of drug-likeness (QED) is 0.861. The standard InChI is InChI=1S/C17H24N2O3/c20-16-6-2-1-4-13(16)7-8-17(21)18-10-15-11-19-9-3-5-14(19)12-22-15/h1-2,4,6,14-15,20H,3,5,7-12H2,(H,18,21)/t14-,15+/m0/s1. The minimum Gasteiger partial charge on any atom is -0.508 e. The molecule has 0 aromatic heterocycles. The van der Waals surface area contributed by atoms with E-state index < -0.39 is 0 Å². The summed E-state index contributed by atoms with van der Waals surface area (Å²) >= 11 is 0. The maximum Gasteiger partial charge on any atom is 0.220 e. The van der Waals surface area contributed by atoms with Crippen LogP contribution in [0.5, 0.6) is 5.75 Å². The molecule has 2 aliphatic rings. The molecule has 2 atom stereocenters. The number of morpholine rings is 1. The van der Waals surface area contributed by atoms with Crippen molar-refractivity contribution in [3.8, 4) is 5.75 Å². The maximum absolute atomic E-state index is 11.9. The molecule has 2 N–H and O–H groups in total. The number of rotatable bonds is 5. The minimum absolute atomic E-state index is 0.00963. The van der Waals surface area contributed by atoms with E-state index in [2.05, 4.69) is 10.2 Å². The first-order valence-electron chi connectivity index (χ1n) is 8.11. The number of carbonyl (C=O) groups excluding carboxylic acids is 1. The second-order valence-corrected chi connectivity index (χ2v) is 6.18. The molecule has 0 bridgehead atoms. The van der Waals surface area contributed by atoms with E-state index in [9.17, 15) is 9.90 Å². The molecule has 1 amide bonds. The van der Waals surface area contributed by atoms with Gasteiger partial charge < -0.3 is 15.2 Å². The van der Waals surface area contributed by atoms with E-state index in [1.165, 1.54) is 12.8 Å². The molecule has 0 radical (unpaired) electrons. The van der Waals surface area contributed by atoms with Crippen LogP contribution in [0.3, 0.4) is 0 Å². The summed E-state index contributed by atoms with van der Waals surface area (Å²) in [5.74, 6) is 0.265. The van der Waals surface area contributed by atoms with Crippen molar-refractivity contribution < 1.29 is 14.6 Å². The monoisotopic (exact) mass is 304 g/mol. The number of aromatic hydroxyl groups is 1. The van der Waals surface area contributed by atoms with Crippen molar-refractivity contribution in [2.75, 3.05) is 26.2 Å². The highest BCUT2D eigenvalue weighted by atomic mass is 16.5. The Kier molecular flexibility index (Phi) is 4.95. The number of nitrogens with zero attached hydrogens (tertiary/aromatic N) is 1. The third-order valence-electron chi connectivity index (χ3n) is 4.60. The van der Waals surface area contributed by atoms with Gasteiger partial charge in [0.2, 0.25) is 5.91 Å². The summed E-state index contributed by atoms with van der Waals surface area (Å²) in [7, 11) is 0. The first kappa shape index (κ1) is 15.3. The normalized spacial score (nSPS) is 24.9. The summed E-state index contributed by atoms with van der Waals surface area (Å²) in [6.07, 6.45) is 3.53. The first-order chi connectivity index (χ1) is 10.7. The molecule has 0 saturated carbocycles. The minimum atomic E-state index is 0.00963. The van der Waals surface area contributed by atoms with Gasteiger partial charge in [-0.3, -0.25) is 9.69 Å². The van der Waals surface area contributed by atoms with Crippen molar-refractivity contribution in [2.45, 2.75) is 37.8 Å². The van der Waals surface area contributed by atoms with E-state index in [4.69, 9.17) is 4.74 Å². The van der Waals surface area contributed by atoms with E-state index in [1.807, 2.05) is 12.1 Å².